The van der Waals surface area contributed by atoms with Crippen molar-refractivity contribution in [3.8, 4) is 11.1 Å². The molecule has 0 bridgehead atoms. The van der Waals surface area contributed by atoms with Crippen LogP contribution in [0.1, 0.15) is 23.2 Å². The Morgan fingerprint density at radius 3 is 2.14 bits per heavy atom. The lowest BCUT2D eigenvalue weighted by Gasteiger charge is -2.15. The topological polar surface area (TPSA) is 92.8 Å². The summed E-state index contributed by atoms with van der Waals surface area (Å²) < 4.78 is 4.89. The number of carbonyl (C=O) groups is 4. The predicted molar refractivity (Wildman–Crippen MR) is 108 cm³/mol. The molecule has 7 nitrogen and oxygen atoms in total. The molecule has 7 heteroatoms. The quantitative estimate of drug-likeness (QED) is 0.517. The van der Waals surface area contributed by atoms with Gasteiger partial charge in [-0.15, -0.1) is 0 Å². The highest BCUT2D eigenvalue weighted by atomic mass is 16.5. The fourth-order valence-corrected chi connectivity index (χ4v) is 2.55. The molecule has 0 fully saturated rings. The lowest BCUT2D eigenvalue weighted by molar-refractivity contribution is -0.151. The van der Waals surface area contributed by atoms with E-state index in [0.717, 1.165) is 16.0 Å². The van der Waals surface area contributed by atoms with Crippen molar-refractivity contribution >= 4 is 23.6 Å². The van der Waals surface area contributed by atoms with Gasteiger partial charge in [0.05, 0.1) is 13.0 Å². The molecule has 29 heavy (non-hydrogen) atoms. The van der Waals surface area contributed by atoms with Gasteiger partial charge in [0.15, 0.2) is 12.4 Å². The van der Waals surface area contributed by atoms with Gasteiger partial charge in [-0.25, -0.2) is 0 Å². The lowest BCUT2D eigenvalue weighted by Crippen LogP contribution is -2.39. The highest BCUT2D eigenvalue weighted by molar-refractivity contribution is 5.98. The molecular formula is C22H24N2O5. The van der Waals surface area contributed by atoms with Crippen molar-refractivity contribution in [2.45, 2.75) is 12.8 Å². The molecule has 0 spiro atoms. The average Bonchev–Trinajstić information content (AvgIpc) is 2.76. The maximum Gasteiger partial charge on any atom is 0.306 e. The molecule has 0 atom stereocenters. The maximum atomic E-state index is 12.3. The molecule has 0 aliphatic heterocycles. The molecule has 0 saturated carbocycles. The third-order valence-electron chi connectivity index (χ3n) is 4.31. The number of nitrogens with zero attached hydrogens (tertiary/aromatic N) is 1. The van der Waals surface area contributed by atoms with Crippen LogP contribution in [-0.4, -0.2) is 55.7 Å². The van der Waals surface area contributed by atoms with Gasteiger partial charge in [0, 0.05) is 26.1 Å². The lowest BCUT2D eigenvalue weighted by atomic mass is 10.0. The number of carbonyl (C=O) groups excluding carboxylic acids is 4. The average molecular weight is 396 g/mol. The molecule has 152 valence electrons. The highest BCUT2D eigenvalue weighted by Crippen LogP contribution is 2.20. The van der Waals surface area contributed by atoms with E-state index >= 15 is 0 Å². The summed E-state index contributed by atoms with van der Waals surface area (Å²) in [5, 5.41) is 2.40. The van der Waals surface area contributed by atoms with Crippen LogP contribution in [0.25, 0.3) is 11.1 Å². The summed E-state index contributed by atoms with van der Waals surface area (Å²) in [6.07, 6.45) is -0.127. The van der Waals surface area contributed by atoms with Crippen LogP contribution in [0.4, 0.5) is 0 Å². The van der Waals surface area contributed by atoms with Crippen molar-refractivity contribution in [2.24, 2.45) is 0 Å². The first-order valence-corrected chi connectivity index (χ1v) is 9.19. The Labute approximate surface area is 169 Å². The number of hydrogen-bond acceptors (Lipinski definition) is 5. The normalized spacial score (nSPS) is 10.1. The fourth-order valence-electron chi connectivity index (χ4n) is 2.55. The number of esters is 1. The van der Waals surface area contributed by atoms with Gasteiger partial charge in [0.2, 0.25) is 5.91 Å². The zero-order valence-electron chi connectivity index (χ0n) is 16.5. The molecular weight excluding hydrogens is 372 g/mol. The molecule has 0 radical (unpaired) electrons. The van der Waals surface area contributed by atoms with Crippen LogP contribution >= 0.6 is 0 Å². The van der Waals surface area contributed by atoms with Gasteiger partial charge in [0.1, 0.15) is 0 Å². The molecule has 2 rings (SSSR count). The number of Topliss-reactive ketones (excluding diaryl/α,β-unsaturated/α-hetero) is 1. The highest BCUT2D eigenvalue weighted by Gasteiger charge is 2.15. The minimum absolute atomic E-state index is 0.00815. The molecule has 0 saturated heterocycles. The number of nitrogens with one attached hydrogen (secondary N) is 1. The summed E-state index contributed by atoms with van der Waals surface area (Å²) in [5.74, 6) is -1.63. The van der Waals surface area contributed by atoms with Crippen molar-refractivity contribution in [2.75, 3.05) is 27.2 Å². The van der Waals surface area contributed by atoms with Gasteiger partial charge in [-0.1, -0.05) is 54.6 Å². The predicted octanol–water partition coefficient (Wildman–Crippen LogP) is 2.06. The first-order chi connectivity index (χ1) is 13.9. The van der Waals surface area contributed by atoms with Gasteiger partial charge in [-0.05, 0) is 11.1 Å². The van der Waals surface area contributed by atoms with Gasteiger partial charge >= 0.3 is 5.97 Å². The van der Waals surface area contributed by atoms with Crippen molar-refractivity contribution in [1.29, 1.82) is 0 Å². The minimum atomic E-state index is -0.638. The number of rotatable bonds is 9. The van der Waals surface area contributed by atoms with Crippen molar-refractivity contribution in [1.82, 2.24) is 10.2 Å². The molecule has 2 aromatic rings. The molecule has 0 aromatic heterocycles. The smallest absolute Gasteiger partial charge is 0.306 e. The summed E-state index contributed by atoms with van der Waals surface area (Å²) in [6, 6.07) is 17.0. The molecule has 0 aliphatic carbocycles. The van der Waals surface area contributed by atoms with Crippen LogP contribution in [0.2, 0.25) is 0 Å². The Hall–Kier alpha value is -3.48. The summed E-state index contributed by atoms with van der Waals surface area (Å²) in [6.45, 7) is -0.587. The second kappa shape index (κ2) is 10.8. The summed E-state index contributed by atoms with van der Waals surface area (Å²) in [7, 11) is 2.90. The van der Waals surface area contributed by atoms with Crippen molar-refractivity contribution in [3.05, 3.63) is 60.2 Å². The van der Waals surface area contributed by atoms with Crippen LogP contribution in [0.3, 0.4) is 0 Å². The Morgan fingerprint density at radius 1 is 0.897 bits per heavy atom. The number of ketones is 1. The van der Waals surface area contributed by atoms with E-state index in [-0.39, 0.29) is 31.1 Å². The van der Waals surface area contributed by atoms with Gasteiger partial charge in [-0.3, -0.25) is 19.2 Å². The van der Waals surface area contributed by atoms with Crippen molar-refractivity contribution in [3.63, 3.8) is 0 Å². The molecule has 1 N–H and O–H groups in total. The molecule has 2 aromatic carbocycles. The van der Waals surface area contributed by atoms with Crippen LogP contribution in [0.15, 0.2) is 54.6 Å². The van der Waals surface area contributed by atoms with E-state index in [9.17, 15) is 19.2 Å². The minimum Gasteiger partial charge on any atom is -0.456 e. The molecule has 0 unspecified atom stereocenters. The first kappa shape index (κ1) is 21.8. The molecule has 0 heterocycles. The molecule has 2 amide bonds. The second-order valence-electron chi connectivity index (χ2n) is 6.45. The number of likely N-dealkylation sites (N-methyl/N-ethyl adjacent to an activating group) is 2. The van der Waals surface area contributed by atoms with E-state index in [1.807, 2.05) is 42.5 Å². The standard InChI is InChI=1S/C22H24N2O5/c1-23-20(26)14-24(2)21(27)15-29-22(28)13-12-19(25)18-10-8-17(9-11-18)16-6-4-3-5-7-16/h3-11H,12-15H2,1-2H3,(H,23,26). The van der Waals surface area contributed by atoms with Gasteiger partial charge < -0.3 is 15.0 Å². The van der Waals surface area contributed by atoms with E-state index in [1.54, 1.807) is 12.1 Å². The first-order valence-electron chi connectivity index (χ1n) is 9.19. The second-order valence-corrected chi connectivity index (χ2v) is 6.45. The Bertz CT molecular complexity index is 863. The zero-order chi connectivity index (χ0) is 21.2. The van der Waals surface area contributed by atoms with Gasteiger partial charge in [-0.2, -0.15) is 0 Å². The zero-order valence-corrected chi connectivity index (χ0v) is 16.5. The van der Waals surface area contributed by atoms with Crippen LogP contribution in [0, 0.1) is 0 Å². The monoisotopic (exact) mass is 396 g/mol. The third-order valence-corrected chi connectivity index (χ3v) is 4.31. The fraction of sp³-hybridized carbons (Fsp3) is 0.273. The van der Waals surface area contributed by atoms with E-state index < -0.39 is 18.5 Å². The van der Waals surface area contributed by atoms with Crippen LogP contribution in [-0.2, 0) is 19.1 Å². The summed E-state index contributed by atoms with van der Waals surface area (Å²) >= 11 is 0. The van der Waals surface area contributed by atoms with Gasteiger partial charge in [0.25, 0.3) is 5.91 Å². The van der Waals surface area contributed by atoms with E-state index in [4.69, 9.17) is 4.74 Å². The largest absolute Gasteiger partial charge is 0.456 e. The SMILES string of the molecule is CNC(=O)CN(C)C(=O)COC(=O)CCC(=O)c1ccc(-c2ccccc2)cc1. The van der Waals surface area contributed by atoms with E-state index in [2.05, 4.69) is 5.32 Å². The van der Waals surface area contributed by atoms with E-state index in [0.29, 0.717) is 5.56 Å². The Morgan fingerprint density at radius 2 is 1.52 bits per heavy atom. The summed E-state index contributed by atoms with van der Waals surface area (Å²) in [4.78, 5) is 48.3. The third kappa shape index (κ3) is 6.88. The maximum absolute atomic E-state index is 12.3. The molecule has 0 aliphatic rings. The number of amides is 2. The van der Waals surface area contributed by atoms with E-state index in [1.165, 1.54) is 14.1 Å². The Kier molecular flexibility index (Phi) is 8.09. The summed E-state index contributed by atoms with van der Waals surface area (Å²) in [5.41, 5.74) is 2.57. The van der Waals surface area contributed by atoms with Crippen LogP contribution in [0.5, 0.6) is 0 Å². The van der Waals surface area contributed by atoms with Crippen LogP contribution < -0.4 is 5.32 Å². The number of benzene rings is 2. The number of hydrogen-bond donors (Lipinski definition) is 1. The Balaban J connectivity index is 1.77. The van der Waals surface area contributed by atoms with Crippen molar-refractivity contribution < 1.29 is 23.9 Å². The number of ether oxygens (including phenoxy) is 1.